The number of carbonyl (C=O) groups excluding carboxylic acids is 1. The minimum atomic E-state index is -1.22. The number of hydrogen-bond donors (Lipinski definition) is 1. The summed E-state index contributed by atoms with van der Waals surface area (Å²) in [7, 11) is 2.17. The number of nitrogens with one attached hydrogen (secondary N) is 1. The average molecular weight is 567 g/mol. The van der Waals surface area contributed by atoms with Crippen molar-refractivity contribution in [3.63, 3.8) is 0 Å². The summed E-state index contributed by atoms with van der Waals surface area (Å²) < 4.78 is 14.9. The van der Waals surface area contributed by atoms with Crippen molar-refractivity contribution >= 4 is 17.5 Å². The van der Waals surface area contributed by atoms with Crippen LogP contribution < -0.4 is 5.32 Å². The molecule has 2 aliphatic heterocycles. The first-order valence-electron chi connectivity index (χ1n) is 14.4. The number of benzene rings is 2. The molecule has 0 spiro atoms. The molecule has 2 atom stereocenters. The van der Waals surface area contributed by atoms with Gasteiger partial charge in [-0.1, -0.05) is 18.2 Å². The Balaban J connectivity index is 1.26. The number of alkyl halides is 1. The maximum absolute atomic E-state index is 14.9. The number of likely N-dealkylation sites (tertiary alicyclic amines) is 2. The van der Waals surface area contributed by atoms with Crippen molar-refractivity contribution in [2.24, 2.45) is 5.92 Å². The summed E-state index contributed by atoms with van der Waals surface area (Å²) in [6, 6.07) is 15.9. The monoisotopic (exact) mass is 566 g/mol. The number of nitriles is 2. The van der Waals surface area contributed by atoms with Crippen LogP contribution in [0.2, 0.25) is 0 Å². The highest BCUT2D eigenvalue weighted by atomic mass is 19.1. The number of amides is 1. The predicted molar refractivity (Wildman–Crippen MR) is 157 cm³/mol. The Morgan fingerprint density at radius 2 is 1.90 bits per heavy atom. The molecule has 5 rings (SSSR count). The van der Waals surface area contributed by atoms with Gasteiger partial charge in [-0.15, -0.1) is 0 Å². The van der Waals surface area contributed by atoms with Crippen LogP contribution in [0.25, 0.3) is 11.4 Å². The van der Waals surface area contributed by atoms with Crippen molar-refractivity contribution in [3.05, 3.63) is 65.0 Å². The molecule has 3 aromatic rings. The van der Waals surface area contributed by atoms with E-state index in [1.807, 2.05) is 18.2 Å². The smallest absolute Gasteiger partial charge is 0.236 e. The largest absolute Gasteiger partial charge is 0.339 e. The molecule has 1 amide bonds. The first kappa shape index (κ1) is 29.1. The fourth-order valence-corrected chi connectivity index (χ4v) is 6.03. The zero-order valence-electron chi connectivity index (χ0n) is 24.1. The van der Waals surface area contributed by atoms with E-state index >= 15 is 0 Å². The minimum absolute atomic E-state index is 0.0216. The molecule has 42 heavy (non-hydrogen) atoms. The molecule has 0 unspecified atom stereocenters. The number of carbonyl (C=O) groups is 1. The van der Waals surface area contributed by atoms with E-state index in [9.17, 15) is 14.4 Å². The molecule has 2 fully saturated rings. The number of aryl methyl sites for hydroxylation is 1. The van der Waals surface area contributed by atoms with Gasteiger partial charge in [0.05, 0.1) is 24.2 Å². The lowest BCUT2D eigenvalue weighted by molar-refractivity contribution is -0.133. The molecule has 0 radical (unpaired) electrons. The zero-order chi connectivity index (χ0) is 29.6. The van der Waals surface area contributed by atoms with E-state index in [1.54, 1.807) is 6.07 Å². The van der Waals surface area contributed by atoms with Crippen LogP contribution in [0, 0.1) is 35.5 Å². The highest BCUT2D eigenvalue weighted by molar-refractivity contribution is 5.78. The Labute approximate surface area is 246 Å². The Kier molecular flexibility index (Phi) is 9.04. The highest BCUT2D eigenvalue weighted by Gasteiger charge is 2.32. The van der Waals surface area contributed by atoms with Gasteiger partial charge in [0.15, 0.2) is 5.82 Å². The first-order chi connectivity index (χ1) is 20.3. The molecule has 1 N–H and O–H groups in total. The number of piperidine rings is 2. The number of halogens is 1. The summed E-state index contributed by atoms with van der Waals surface area (Å²) in [5.41, 5.74) is 5.40. The summed E-state index contributed by atoms with van der Waals surface area (Å²) in [5.74, 6) is 0.775. The van der Waals surface area contributed by atoms with E-state index in [4.69, 9.17) is 5.26 Å². The Hall–Kier alpha value is -4.41. The summed E-state index contributed by atoms with van der Waals surface area (Å²) in [5, 5.41) is 21.9. The van der Waals surface area contributed by atoms with Crippen LogP contribution in [0.3, 0.4) is 0 Å². The number of nitrogens with zero attached hydrogens (tertiary/aromatic N) is 7. The summed E-state index contributed by atoms with van der Waals surface area (Å²) in [6.45, 7) is 4.77. The van der Waals surface area contributed by atoms with E-state index in [0.717, 1.165) is 24.3 Å². The second-order valence-corrected chi connectivity index (χ2v) is 11.3. The van der Waals surface area contributed by atoms with Gasteiger partial charge in [-0.3, -0.25) is 4.79 Å². The number of aromatic nitrogens is 3. The standard InChI is InChI=1S/C32H35FN8O/c1-21-15-27(5-6-28(21)22-8-12-40(2)13-9-22)38-32-37-20-36-31(39-32)25-4-3-23(26(17-25)18-35)16-24-10-14-41(19-29(24)33)30(42)7-11-34/h3-6,15,17,20,22,24,29H,7-10,12-14,16,19H2,1-2H3,(H,36,37,38,39)/t24-,29-/m1/s1. The predicted octanol–water partition coefficient (Wildman–Crippen LogP) is 4.91. The Bertz CT molecular complexity index is 1520. The third-order valence-electron chi connectivity index (χ3n) is 8.49. The van der Waals surface area contributed by atoms with E-state index in [0.29, 0.717) is 48.2 Å². The molecule has 0 bridgehead atoms. The normalized spacial score (nSPS) is 19.6. The van der Waals surface area contributed by atoms with Crippen LogP contribution >= 0.6 is 0 Å². The van der Waals surface area contributed by atoms with Gasteiger partial charge in [0.1, 0.15) is 18.9 Å². The third kappa shape index (κ3) is 6.72. The van der Waals surface area contributed by atoms with Crippen molar-refractivity contribution in [1.82, 2.24) is 24.8 Å². The molecule has 3 heterocycles. The molecule has 0 aliphatic carbocycles. The molecule has 2 aromatic carbocycles. The van der Waals surface area contributed by atoms with E-state index in [1.165, 1.54) is 35.2 Å². The molecule has 10 heteroatoms. The van der Waals surface area contributed by atoms with Crippen molar-refractivity contribution < 1.29 is 9.18 Å². The SMILES string of the molecule is Cc1cc(Nc2ncnc(-c3ccc(C[C@H]4CCN(C(=O)CC#N)C[C@H]4F)c(C#N)c3)n2)ccc1C1CCN(C)CC1. The lowest BCUT2D eigenvalue weighted by Gasteiger charge is -2.34. The highest BCUT2D eigenvalue weighted by Crippen LogP contribution is 2.32. The number of rotatable bonds is 7. The lowest BCUT2D eigenvalue weighted by Crippen LogP contribution is -2.45. The third-order valence-corrected chi connectivity index (χ3v) is 8.49. The van der Waals surface area contributed by atoms with Gasteiger partial charge >= 0.3 is 0 Å². The second kappa shape index (κ2) is 13.1. The molecule has 216 valence electrons. The van der Waals surface area contributed by atoms with Crippen molar-refractivity contribution in [2.75, 3.05) is 38.5 Å². The molecule has 9 nitrogen and oxygen atoms in total. The van der Waals surface area contributed by atoms with Crippen molar-refractivity contribution in [3.8, 4) is 23.5 Å². The van der Waals surface area contributed by atoms with E-state index in [2.05, 4.69) is 63.4 Å². The second-order valence-electron chi connectivity index (χ2n) is 11.3. The van der Waals surface area contributed by atoms with Crippen LogP contribution in [-0.4, -0.2) is 70.1 Å². The first-order valence-corrected chi connectivity index (χ1v) is 14.4. The lowest BCUT2D eigenvalue weighted by atomic mass is 9.86. The summed E-state index contributed by atoms with van der Waals surface area (Å²) in [4.78, 5) is 29.0. The molecule has 1 aromatic heterocycles. The van der Waals surface area contributed by atoms with Crippen molar-refractivity contribution in [2.45, 2.75) is 51.1 Å². The van der Waals surface area contributed by atoms with Gasteiger partial charge in [-0.05, 0) is 99.5 Å². The van der Waals surface area contributed by atoms with Crippen LogP contribution in [-0.2, 0) is 11.2 Å². The van der Waals surface area contributed by atoms with Gasteiger partial charge in [-0.2, -0.15) is 15.5 Å². The topological polar surface area (TPSA) is 122 Å². The van der Waals surface area contributed by atoms with Gasteiger partial charge in [0.25, 0.3) is 0 Å². The van der Waals surface area contributed by atoms with Crippen LogP contribution in [0.5, 0.6) is 0 Å². The van der Waals surface area contributed by atoms with Crippen LogP contribution in [0.4, 0.5) is 16.0 Å². The fourth-order valence-electron chi connectivity index (χ4n) is 6.03. The van der Waals surface area contributed by atoms with E-state index < -0.39 is 6.17 Å². The van der Waals surface area contributed by atoms with Crippen LogP contribution in [0.1, 0.15) is 53.9 Å². The number of hydrogen-bond acceptors (Lipinski definition) is 8. The quantitative estimate of drug-likeness (QED) is 0.428. The zero-order valence-corrected chi connectivity index (χ0v) is 24.1. The van der Waals surface area contributed by atoms with Gasteiger partial charge in [-0.25, -0.2) is 14.4 Å². The maximum Gasteiger partial charge on any atom is 0.236 e. The summed E-state index contributed by atoms with van der Waals surface area (Å²) in [6.07, 6.45) is 3.19. The Morgan fingerprint density at radius 3 is 2.62 bits per heavy atom. The minimum Gasteiger partial charge on any atom is -0.339 e. The fraction of sp³-hybridized carbons (Fsp3) is 0.438. The number of anilines is 2. The average Bonchev–Trinajstić information content (AvgIpc) is 2.99. The molecule has 2 aliphatic rings. The summed E-state index contributed by atoms with van der Waals surface area (Å²) >= 11 is 0. The van der Waals surface area contributed by atoms with Gasteiger partial charge < -0.3 is 15.1 Å². The van der Waals surface area contributed by atoms with Crippen LogP contribution in [0.15, 0.2) is 42.7 Å². The maximum atomic E-state index is 14.9. The molecular formula is C32H35FN8O. The molecule has 0 saturated carbocycles. The molecule has 2 saturated heterocycles. The molecular weight excluding hydrogens is 531 g/mol. The van der Waals surface area contributed by atoms with Crippen molar-refractivity contribution in [1.29, 1.82) is 10.5 Å². The van der Waals surface area contributed by atoms with E-state index in [-0.39, 0.29) is 24.8 Å². The van der Waals surface area contributed by atoms with Gasteiger partial charge in [0, 0.05) is 17.8 Å². The van der Waals surface area contributed by atoms with Gasteiger partial charge in [0.2, 0.25) is 11.9 Å². The Morgan fingerprint density at radius 1 is 1.10 bits per heavy atom.